The highest BCUT2D eigenvalue weighted by atomic mass is 127. The number of hydrogen-bond acceptors (Lipinski definition) is 2. The van der Waals surface area contributed by atoms with Crippen LogP contribution in [0.25, 0.3) is 0 Å². The Bertz CT molecular complexity index is 465. The van der Waals surface area contributed by atoms with Crippen molar-refractivity contribution in [2.24, 2.45) is 4.99 Å². The van der Waals surface area contributed by atoms with E-state index in [9.17, 15) is 9.18 Å². The van der Waals surface area contributed by atoms with Crippen LogP contribution in [0, 0.1) is 5.82 Å². The van der Waals surface area contributed by atoms with Gasteiger partial charge in [-0.3, -0.25) is 4.79 Å². The summed E-state index contributed by atoms with van der Waals surface area (Å²) >= 11 is 0. The molecule has 0 spiro atoms. The predicted molar refractivity (Wildman–Crippen MR) is 99.3 cm³/mol. The summed E-state index contributed by atoms with van der Waals surface area (Å²) in [6, 6.07) is 5.63. The lowest BCUT2D eigenvalue weighted by atomic mass is 10.3. The lowest BCUT2D eigenvalue weighted by Gasteiger charge is -2.10. The van der Waals surface area contributed by atoms with E-state index in [2.05, 4.69) is 27.9 Å². The maximum absolute atomic E-state index is 12.8. The molecule has 1 rings (SSSR count). The lowest BCUT2D eigenvalue weighted by Crippen LogP contribution is -2.38. The van der Waals surface area contributed by atoms with Gasteiger partial charge in [-0.25, -0.2) is 9.38 Å². The van der Waals surface area contributed by atoms with Gasteiger partial charge < -0.3 is 16.0 Å². The molecular formula is C15H24FIN4O. The molecule has 3 N–H and O–H groups in total. The Kier molecular flexibility index (Phi) is 11.4. The summed E-state index contributed by atoms with van der Waals surface area (Å²) in [6.07, 6.45) is 2.14. The fourth-order valence-corrected chi connectivity index (χ4v) is 1.61. The largest absolute Gasteiger partial charge is 0.357 e. The molecule has 1 amide bonds. The number of unbranched alkanes of at least 4 members (excludes halogenated alkanes) is 1. The standard InChI is InChI=1S/C15H23FN4O.HI/c1-3-5-10-18-15(17-4-2)19-11-14(21)20-13-8-6-12(16)7-9-13;/h6-9H,3-5,10-11H2,1-2H3,(H,20,21)(H2,17,18,19);1H. The van der Waals surface area contributed by atoms with Gasteiger partial charge in [0.05, 0.1) is 0 Å². The normalized spacial score (nSPS) is 10.6. The van der Waals surface area contributed by atoms with Crippen molar-refractivity contribution >= 4 is 41.5 Å². The van der Waals surface area contributed by atoms with Gasteiger partial charge in [-0.15, -0.1) is 24.0 Å². The van der Waals surface area contributed by atoms with E-state index in [-0.39, 0.29) is 42.2 Å². The number of amides is 1. The fourth-order valence-electron chi connectivity index (χ4n) is 1.61. The molecule has 0 bridgehead atoms. The zero-order chi connectivity index (χ0) is 15.5. The van der Waals surface area contributed by atoms with Crippen LogP contribution in [0.4, 0.5) is 10.1 Å². The Hall–Kier alpha value is -1.38. The van der Waals surface area contributed by atoms with Gasteiger partial charge in [0.1, 0.15) is 12.4 Å². The van der Waals surface area contributed by atoms with Crippen molar-refractivity contribution in [3.8, 4) is 0 Å². The molecule has 0 aliphatic rings. The van der Waals surface area contributed by atoms with Crippen LogP contribution in [-0.2, 0) is 4.79 Å². The Labute approximate surface area is 148 Å². The third-order valence-corrected chi connectivity index (χ3v) is 2.68. The first-order valence-electron chi connectivity index (χ1n) is 7.23. The van der Waals surface area contributed by atoms with E-state index < -0.39 is 0 Å². The molecule has 0 saturated carbocycles. The van der Waals surface area contributed by atoms with Crippen LogP contribution in [0.2, 0.25) is 0 Å². The van der Waals surface area contributed by atoms with Gasteiger partial charge in [-0.1, -0.05) is 13.3 Å². The van der Waals surface area contributed by atoms with Crippen LogP contribution >= 0.6 is 24.0 Å². The van der Waals surface area contributed by atoms with Crippen molar-refractivity contribution in [1.29, 1.82) is 0 Å². The number of anilines is 1. The number of carbonyl (C=O) groups excluding carboxylic acids is 1. The number of aliphatic imine (C=N–C) groups is 1. The van der Waals surface area contributed by atoms with Gasteiger partial charge in [-0.2, -0.15) is 0 Å². The third kappa shape index (κ3) is 8.81. The minimum Gasteiger partial charge on any atom is -0.357 e. The summed E-state index contributed by atoms with van der Waals surface area (Å²) in [4.78, 5) is 16.0. The minimum absolute atomic E-state index is 0. The monoisotopic (exact) mass is 422 g/mol. The number of benzene rings is 1. The van der Waals surface area contributed by atoms with Crippen LogP contribution < -0.4 is 16.0 Å². The molecule has 0 fully saturated rings. The maximum Gasteiger partial charge on any atom is 0.246 e. The molecule has 22 heavy (non-hydrogen) atoms. The van der Waals surface area contributed by atoms with Crippen molar-refractivity contribution in [3.63, 3.8) is 0 Å². The highest BCUT2D eigenvalue weighted by Crippen LogP contribution is 2.07. The number of hydrogen-bond donors (Lipinski definition) is 3. The second-order valence-corrected chi connectivity index (χ2v) is 4.53. The number of nitrogens with one attached hydrogen (secondary N) is 3. The molecule has 1 aromatic rings. The van der Waals surface area contributed by atoms with E-state index >= 15 is 0 Å². The molecule has 0 aromatic heterocycles. The van der Waals surface area contributed by atoms with Crippen molar-refractivity contribution in [3.05, 3.63) is 30.1 Å². The molecule has 1 aromatic carbocycles. The quantitative estimate of drug-likeness (QED) is 0.274. The van der Waals surface area contributed by atoms with Gasteiger partial charge in [0.2, 0.25) is 5.91 Å². The van der Waals surface area contributed by atoms with Crippen LogP contribution in [0.15, 0.2) is 29.3 Å². The second kappa shape index (κ2) is 12.2. The molecule has 0 aliphatic carbocycles. The van der Waals surface area contributed by atoms with E-state index in [0.29, 0.717) is 11.6 Å². The van der Waals surface area contributed by atoms with Gasteiger partial charge in [-0.05, 0) is 37.6 Å². The number of guanidine groups is 1. The summed E-state index contributed by atoms with van der Waals surface area (Å²) in [6.45, 7) is 5.65. The highest BCUT2D eigenvalue weighted by molar-refractivity contribution is 14.0. The van der Waals surface area contributed by atoms with E-state index in [4.69, 9.17) is 0 Å². The molecule has 0 aliphatic heterocycles. The van der Waals surface area contributed by atoms with Crippen LogP contribution in [-0.4, -0.2) is 31.5 Å². The number of carbonyl (C=O) groups is 1. The Morgan fingerprint density at radius 1 is 1.18 bits per heavy atom. The summed E-state index contributed by atoms with van der Waals surface area (Å²) in [5.41, 5.74) is 0.556. The predicted octanol–water partition coefficient (Wildman–Crippen LogP) is 2.74. The van der Waals surface area contributed by atoms with Crippen molar-refractivity contribution in [1.82, 2.24) is 10.6 Å². The van der Waals surface area contributed by atoms with Gasteiger partial charge >= 0.3 is 0 Å². The SMILES string of the molecule is CCCCNC(=NCC(=O)Nc1ccc(F)cc1)NCC.I. The topological polar surface area (TPSA) is 65.5 Å². The molecule has 0 atom stereocenters. The van der Waals surface area contributed by atoms with E-state index in [0.717, 1.165) is 25.9 Å². The maximum atomic E-state index is 12.8. The first-order chi connectivity index (χ1) is 10.2. The summed E-state index contributed by atoms with van der Waals surface area (Å²) < 4.78 is 12.8. The zero-order valence-corrected chi connectivity index (χ0v) is 15.3. The van der Waals surface area contributed by atoms with Crippen molar-refractivity contribution < 1.29 is 9.18 Å². The van der Waals surface area contributed by atoms with Gasteiger partial charge in [0.25, 0.3) is 0 Å². The zero-order valence-electron chi connectivity index (χ0n) is 13.0. The molecular weight excluding hydrogens is 398 g/mol. The van der Waals surface area contributed by atoms with E-state index in [1.54, 1.807) is 0 Å². The fraction of sp³-hybridized carbons (Fsp3) is 0.467. The number of halogens is 2. The molecule has 0 radical (unpaired) electrons. The first-order valence-corrected chi connectivity index (χ1v) is 7.23. The van der Waals surface area contributed by atoms with Crippen molar-refractivity contribution in [2.45, 2.75) is 26.7 Å². The van der Waals surface area contributed by atoms with Crippen LogP contribution in [0.1, 0.15) is 26.7 Å². The lowest BCUT2D eigenvalue weighted by molar-refractivity contribution is -0.114. The van der Waals surface area contributed by atoms with Gasteiger partial charge in [0.15, 0.2) is 5.96 Å². The van der Waals surface area contributed by atoms with Crippen LogP contribution in [0.3, 0.4) is 0 Å². The van der Waals surface area contributed by atoms with E-state index in [1.165, 1.54) is 24.3 Å². The van der Waals surface area contributed by atoms with E-state index in [1.807, 2.05) is 6.92 Å². The summed E-state index contributed by atoms with van der Waals surface area (Å²) in [5, 5.41) is 8.90. The Morgan fingerprint density at radius 2 is 1.86 bits per heavy atom. The van der Waals surface area contributed by atoms with Crippen LogP contribution in [0.5, 0.6) is 0 Å². The van der Waals surface area contributed by atoms with Crippen molar-refractivity contribution in [2.75, 3.05) is 25.0 Å². The molecule has 124 valence electrons. The molecule has 0 saturated heterocycles. The average Bonchev–Trinajstić information content (AvgIpc) is 2.47. The third-order valence-electron chi connectivity index (χ3n) is 2.68. The first kappa shape index (κ1) is 20.6. The average molecular weight is 422 g/mol. The highest BCUT2D eigenvalue weighted by Gasteiger charge is 2.03. The minimum atomic E-state index is -0.333. The molecule has 0 unspecified atom stereocenters. The molecule has 7 heteroatoms. The summed E-state index contributed by atoms with van der Waals surface area (Å²) in [5.74, 6) is 0.0510. The smallest absolute Gasteiger partial charge is 0.246 e. The number of rotatable bonds is 7. The molecule has 0 heterocycles. The Balaban J connectivity index is 0.00000441. The number of nitrogens with zero attached hydrogens (tertiary/aromatic N) is 1. The van der Waals surface area contributed by atoms with Gasteiger partial charge in [0, 0.05) is 18.8 Å². The second-order valence-electron chi connectivity index (χ2n) is 4.53. The molecule has 5 nitrogen and oxygen atoms in total. The Morgan fingerprint density at radius 3 is 2.45 bits per heavy atom. The summed E-state index contributed by atoms with van der Waals surface area (Å²) in [7, 11) is 0.